The zero-order chi connectivity index (χ0) is 29.4. The Balaban J connectivity index is 2.10. The summed E-state index contributed by atoms with van der Waals surface area (Å²) in [5.41, 5.74) is 2.77. The van der Waals surface area contributed by atoms with E-state index in [-0.39, 0.29) is 30.8 Å². The van der Waals surface area contributed by atoms with Gasteiger partial charge in [-0.1, -0.05) is 92.2 Å². The van der Waals surface area contributed by atoms with Crippen molar-refractivity contribution in [2.45, 2.75) is 58.7 Å². The Morgan fingerprint density at radius 3 is 2.08 bits per heavy atom. The zero-order valence-corrected chi connectivity index (χ0v) is 25.2. The Bertz CT molecular complexity index is 1410. The first-order valence-electron chi connectivity index (χ1n) is 13.3. The second-order valence-corrected chi connectivity index (χ2v) is 12.8. The average Bonchev–Trinajstić information content (AvgIpc) is 2.89. The number of nitrogens with zero attached hydrogens (tertiary/aromatic N) is 2. The first-order chi connectivity index (χ1) is 18.9. The summed E-state index contributed by atoms with van der Waals surface area (Å²) in [6.45, 7) is 7.21. The van der Waals surface area contributed by atoms with Crippen LogP contribution in [0.3, 0.4) is 0 Å². The van der Waals surface area contributed by atoms with Crippen LogP contribution in [-0.2, 0) is 32.6 Å². The lowest BCUT2D eigenvalue weighted by atomic mass is 10.0. The van der Waals surface area contributed by atoms with Gasteiger partial charge in [0.25, 0.3) is 0 Å². The van der Waals surface area contributed by atoms with Crippen molar-refractivity contribution >= 4 is 39.1 Å². The molecule has 0 spiro atoms. The average molecular weight is 584 g/mol. The molecule has 0 aliphatic carbocycles. The number of para-hydroxylation sites is 1. The summed E-state index contributed by atoms with van der Waals surface area (Å²) < 4.78 is 27.3. The van der Waals surface area contributed by atoms with Crippen molar-refractivity contribution in [1.29, 1.82) is 0 Å². The highest BCUT2D eigenvalue weighted by molar-refractivity contribution is 7.92. The number of hydrogen-bond donors (Lipinski definition) is 1. The lowest BCUT2D eigenvalue weighted by Gasteiger charge is -2.34. The van der Waals surface area contributed by atoms with Crippen molar-refractivity contribution < 1.29 is 18.0 Å². The Hall–Kier alpha value is -3.36. The summed E-state index contributed by atoms with van der Waals surface area (Å²) in [6.07, 6.45) is 1.33. The lowest BCUT2D eigenvalue weighted by Crippen LogP contribution is -2.54. The number of rotatable bonds is 12. The molecule has 2 amide bonds. The number of nitrogens with one attached hydrogen (secondary N) is 1. The van der Waals surface area contributed by atoms with Crippen LogP contribution in [0.5, 0.6) is 0 Å². The molecular formula is C31H38ClN3O4S. The van der Waals surface area contributed by atoms with Crippen molar-refractivity contribution in [3.63, 3.8) is 0 Å². The molecule has 0 aliphatic rings. The minimum Gasteiger partial charge on any atom is -0.352 e. The summed E-state index contributed by atoms with van der Waals surface area (Å²) in [7, 11) is -3.85. The van der Waals surface area contributed by atoms with Crippen LogP contribution in [-0.4, -0.2) is 50.0 Å². The van der Waals surface area contributed by atoms with Gasteiger partial charge in [0.15, 0.2) is 0 Å². The number of anilines is 1. The predicted molar refractivity (Wildman–Crippen MR) is 162 cm³/mol. The van der Waals surface area contributed by atoms with Gasteiger partial charge in [0.1, 0.15) is 12.6 Å². The standard InChI is InChI=1S/C31H38ClN3O4S/c1-22(2)26-16-10-12-18-28(26)35(40(5,38)39)21-30(36)34(20-25-15-9-11-17-27(25)32)29(31(37)33-23(3)4)19-24-13-7-6-8-14-24/h6-18,22-23,29H,19-21H2,1-5H3,(H,33,37)/t29-/m0/s1. The minimum atomic E-state index is -3.85. The van der Waals surface area contributed by atoms with Gasteiger partial charge in [0, 0.05) is 24.0 Å². The monoisotopic (exact) mass is 583 g/mol. The van der Waals surface area contributed by atoms with E-state index >= 15 is 0 Å². The summed E-state index contributed by atoms with van der Waals surface area (Å²) in [5.74, 6) is -0.811. The minimum absolute atomic E-state index is 0.0254. The number of carbonyl (C=O) groups is 2. The summed E-state index contributed by atoms with van der Waals surface area (Å²) in [4.78, 5) is 29.2. The maximum Gasteiger partial charge on any atom is 0.244 e. The lowest BCUT2D eigenvalue weighted by molar-refractivity contribution is -0.140. The molecule has 0 heterocycles. The fourth-order valence-corrected chi connectivity index (χ4v) is 5.61. The third-order valence-electron chi connectivity index (χ3n) is 6.51. The Morgan fingerprint density at radius 2 is 1.48 bits per heavy atom. The van der Waals surface area contributed by atoms with Gasteiger partial charge in [-0.15, -0.1) is 0 Å². The van der Waals surface area contributed by atoms with Crippen LogP contribution in [0.1, 0.15) is 50.3 Å². The molecule has 0 unspecified atom stereocenters. The molecule has 214 valence electrons. The Kier molecular flexibility index (Phi) is 10.8. The van der Waals surface area contributed by atoms with E-state index in [1.54, 1.807) is 30.3 Å². The van der Waals surface area contributed by atoms with E-state index < -0.39 is 28.5 Å². The quantitative estimate of drug-likeness (QED) is 0.309. The van der Waals surface area contributed by atoms with E-state index in [9.17, 15) is 18.0 Å². The van der Waals surface area contributed by atoms with Crippen LogP contribution in [0.4, 0.5) is 5.69 Å². The van der Waals surface area contributed by atoms with Crippen molar-refractivity contribution in [3.05, 3.63) is 101 Å². The van der Waals surface area contributed by atoms with E-state index in [4.69, 9.17) is 11.6 Å². The molecular weight excluding hydrogens is 546 g/mol. The van der Waals surface area contributed by atoms with Crippen LogP contribution in [0.15, 0.2) is 78.9 Å². The van der Waals surface area contributed by atoms with Gasteiger partial charge in [0.05, 0.1) is 11.9 Å². The second kappa shape index (κ2) is 13.8. The van der Waals surface area contributed by atoms with Crippen LogP contribution in [0.25, 0.3) is 0 Å². The molecule has 0 saturated heterocycles. The van der Waals surface area contributed by atoms with E-state index in [0.717, 1.165) is 21.7 Å². The summed E-state index contributed by atoms with van der Waals surface area (Å²) >= 11 is 6.49. The Morgan fingerprint density at radius 1 is 0.875 bits per heavy atom. The van der Waals surface area contributed by atoms with E-state index in [0.29, 0.717) is 16.3 Å². The van der Waals surface area contributed by atoms with Gasteiger partial charge >= 0.3 is 0 Å². The molecule has 3 aromatic rings. The third-order valence-corrected chi connectivity index (χ3v) is 8.00. The molecule has 0 aliphatic heterocycles. The van der Waals surface area contributed by atoms with Gasteiger partial charge < -0.3 is 10.2 Å². The van der Waals surface area contributed by atoms with Crippen LogP contribution in [0.2, 0.25) is 5.02 Å². The molecule has 0 aromatic heterocycles. The fraction of sp³-hybridized carbons (Fsp3) is 0.355. The molecule has 1 N–H and O–H groups in total. The van der Waals surface area contributed by atoms with Gasteiger partial charge in [-0.3, -0.25) is 13.9 Å². The normalized spacial score (nSPS) is 12.3. The highest BCUT2D eigenvalue weighted by Gasteiger charge is 2.34. The number of hydrogen-bond acceptors (Lipinski definition) is 4. The number of halogens is 1. The van der Waals surface area contributed by atoms with Gasteiger partial charge in [-0.2, -0.15) is 0 Å². The molecule has 40 heavy (non-hydrogen) atoms. The van der Waals surface area contributed by atoms with Crippen LogP contribution < -0.4 is 9.62 Å². The Labute approximate surface area is 243 Å². The molecule has 7 nitrogen and oxygen atoms in total. The molecule has 0 saturated carbocycles. The summed E-state index contributed by atoms with van der Waals surface area (Å²) in [5, 5.41) is 3.39. The SMILES string of the molecule is CC(C)NC(=O)[C@H](Cc1ccccc1)N(Cc1ccccc1Cl)C(=O)CN(c1ccccc1C(C)C)S(C)(=O)=O. The molecule has 3 aromatic carbocycles. The van der Waals surface area contributed by atoms with Crippen LogP contribution in [0, 0.1) is 0 Å². The van der Waals surface area contributed by atoms with Crippen molar-refractivity contribution in [1.82, 2.24) is 10.2 Å². The second-order valence-electron chi connectivity index (χ2n) is 10.5. The molecule has 3 rings (SSSR count). The summed E-state index contributed by atoms with van der Waals surface area (Å²) in [6, 6.07) is 22.6. The van der Waals surface area contributed by atoms with Crippen molar-refractivity contribution in [2.75, 3.05) is 17.1 Å². The zero-order valence-electron chi connectivity index (χ0n) is 23.7. The number of benzene rings is 3. The molecule has 0 fully saturated rings. The van der Waals surface area contributed by atoms with Crippen LogP contribution >= 0.6 is 11.6 Å². The van der Waals surface area contributed by atoms with E-state index in [1.807, 2.05) is 76.2 Å². The highest BCUT2D eigenvalue weighted by atomic mass is 35.5. The highest BCUT2D eigenvalue weighted by Crippen LogP contribution is 2.29. The third kappa shape index (κ3) is 8.32. The first kappa shape index (κ1) is 31.2. The van der Waals surface area contributed by atoms with Gasteiger partial charge in [-0.05, 0) is 48.6 Å². The topological polar surface area (TPSA) is 86.8 Å². The van der Waals surface area contributed by atoms with E-state index in [2.05, 4.69) is 5.32 Å². The van der Waals surface area contributed by atoms with Gasteiger partial charge in [-0.25, -0.2) is 8.42 Å². The number of sulfonamides is 1. The molecule has 0 radical (unpaired) electrons. The number of amides is 2. The number of carbonyl (C=O) groups excluding carboxylic acids is 2. The van der Waals surface area contributed by atoms with Crippen molar-refractivity contribution in [2.24, 2.45) is 0 Å². The van der Waals surface area contributed by atoms with Gasteiger partial charge in [0.2, 0.25) is 21.8 Å². The largest absolute Gasteiger partial charge is 0.352 e. The molecule has 0 bridgehead atoms. The van der Waals surface area contributed by atoms with E-state index in [1.165, 1.54) is 4.90 Å². The predicted octanol–water partition coefficient (Wildman–Crippen LogP) is 5.39. The van der Waals surface area contributed by atoms with Crippen molar-refractivity contribution in [3.8, 4) is 0 Å². The fourth-order valence-electron chi connectivity index (χ4n) is 4.54. The maximum atomic E-state index is 14.2. The maximum absolute atomic E-state index is 14.2. The molecule has 1 atom stereocenters. The first-order valence-corrected chi connectivity index (χ1v) is 15.5. The smallest absolute Gasteiger partial charge is 0.244 e. The molecule has 9 heteroatoms.